The molecule has 0 atom stereocenters. The number of rotatable bonds is 2. The second kappa shape index (κ2) is 6.22. The lowest BCUT2D eigenvalue weighted by atomic mass is 10.1. The minimum atomic E-state index is -0.00263. The highest BCUT2D eigenvalue weighted by Crippen LogP contribution is 2.40. The Morgan fingerprint density at radius 2 is 1.87 bits per heavy atom. The number of hydrogen-bond donors (Lipinski definition) is 1. The molecule has 2 amide bonds. The summed E-state index contributed by atoms with van der Waals surface area (Å²) in [6.07, 6.45) is 8.27. The molecule has 122 valence electrons. The molecule has 1 aliphatic heterocycles. The first-order valence-electron chi connectivity index (χ1n) is 8.76. The minimum Gasteiger partial charge on any atom is -0.440 e. The lowest BCUT2D eigenvalue weighted by Crippen LogP contribution is -2.37. The van der Waals surface area contributed by atoms with Crippen molar-refractivity contribution in [2.24, 2.45) is 0 Å². The molecule has 0 bridgehead atoms. The van der Waals surface area contributed by atoms with Gasteiger partial charge in [0.05, 0.1) is 0 Å². The van der Waals surface area contributed by atoms with Gasteiger partial charge in [0.1, 0.15) is 5.52 Å². The van der Waals surface area contributed by atoms with Crippen LogP contribution in [0.25, 0.3) is 11.1 Å². The summed E-state index contributed by atoms with van der Waals surface area (Å²) in [6.45, 7) is 1.70. The molecule has 1 saturated carbocycles. The van der Waals surface area contributed by atoms with Gasteiger partial charge in [-0.05, 0) is 43.9 Å². The van der Waals surface area contributed by atoms with E-state index in [1.165, 1.54) is 32.1 Å². The van der Waals surface area contributed by atoms with Crippen molar-refractivity contribution in [3.8, 4) is 0 Å². The smallest absolute Gasteiger partial charge is 0.321 e. The number of hydrogen-bond acceptors (Lipinski definition) is 3. The van der Waals surface area contributed by atoms with E-state index in [1.54, 1.807) is 0 Å². The molecule has 1 aliphatic carbocycles. The third-order valence-corrected chi connectivity index (χ3v) is 4.73. The van der Waals surface area contributed by atoms with Crippen LogP contribution in [0.1, 0.15) is 56.8 Å². The third kappa shape index (κ3) is 3.33. The zero-order valence-electron chi connectivity index (χ0n) is 13.4. The van der Waals surface area contributed by atoms with Gasteiger partial charge in [-0.3, -0.25) is 0 Å². The molecule has 1 saturated heterocycles. The number of oxazole rings is 1. The molecule has 2 heterocycles. The van der Waals surface area contributed by atoms with Gasteiger partial charge < -0.3 is 14.6 Å². The molecule has 2 fully saturated rings. The number of amides is 2. The lowest BCUT2D eigenvalue weighted by molar-refractivity contribution is 0.206. The number of nitrogens with zero attached hydrogens (tertiary/aromatic N) is 2. The van der Waals surface area contributed by atoms with Crippen LogP contribution in [0.3, 0.4) is 0 Å². The maximum absolute atomic E-state index is 12.5. The second-order valence-electron chi connectivity index (χ2n) is 6.69. The first-order valence-corrected chi connectivity index (χ1v) is 8.76. The Morgan fingerprint density at radius 1 is 1.13 bits per heavy atom. The topological polar surface area (TPSA) is 58.4 Å². The fourth-order valence-electron chi connectivity index (χ4n) is 3.18. The molecular weight excluding hydrogens is 290 g/mol. The van der Waals surface area contributed by atoms with Gasteiger partial charge in [-0.1, -0.05) is 19.3 Å². The Bertz CT molecular complexity index is 697. The van der Waals surface area contributed by atoms with Crippen LogP contribution in [0, 0.1) is 0 Å². The highest BCUT2D eigenvalue weighted by Gasteiger charge is 2.29. The molecule has 1 aromatic heterocycles. The van der Waals surface area contributed by atoms with E-state index in [0.29, 0.717) is 5.92 Å². The van der Waals surface area contributed by atoms with Gasteiger partial charge in [-0.2, -0.15) is 0 Å². The van der Waals surface area contributed by atoms with E-state index in [9.17, 15) is 4.79 Å². The van der Waals surface area contributed by atoms with E-state index in [1.807, 2.05) is 23.1 Å². The van der Waals surface area contributed by atoms with Crippen molar-refractivity contribution in [1.82, 2.24) is 9.88 Å². The van der Waals surface area contributed by atoms with Crippen molar-refractivity contribution in [3.63, 3.8) is 0 Å². The molecule has 0 spiro atoms. The molecule has 0 unspecified atom stereocenters. The number of aromatic nitrogens is 1. The molecule has 2 aromatic rings. The summed E-state index contributed by atoms with van der Waals surface area (Å²) in [5, 5.41) is 3.01. The van der Waals surface area contributed by atoms with Crippen molar-refractivity contribution in [2.75, 3.05) is 18.4 Å². The Balaban J connectivity index is 1.46. The van der Waals surface area contributed by atoms with Gasteiger partial charge in [-0.15, -0.1) is 0 Å². The molecular formula is C18H23N3O2. The van der Waals surface area contributed by atoms with Gasteiger partial charge in [0.15, 0.2) is 11.5 Å². The van der Waals surface area contributed by atoms with Crippen LogP contribution in [-0.2, 0) is 0 Å². The Kier molecular flexibility index (Phi) is 3.93. The number of fused-ring (bicyclic) bond motifs is 1. The predicted octanol–water partition coefficient (Wildman–Crippen LogP) is 4.50. The summed E-state index contributed by atoms with van der Waals surface area (Å²) >= 11 is 0. The van der Waals surface area contributed by atoms with E-state index in [2.05, 4.69) is 10.3 Å². The van der Waals surface area contributed by atoms with E-state index in [4.69, 9.17) is 4.42 Å². The van der Waals surface area contributed by atoms with Crippen LogP contribution < -0.4 is 5.32 Å². The minimum absolute atomic E-state index is 0.00263. The molecule has 5 heteroatoms. The van der Waals surface area contributed by atoms with Crippen molar-refractivity contribution in [2.45, 2.75) is 50.9 Å². The maximum atomic E-state index is 12.5. The highest BCUT2D eigenvalue weighted by atomic mass is 16.3. The van der Waals surface area contributed by atoms with Gasteiger partial charge in [0, 0.05) is 24.7 Å². The number of benzene rings is 1. The number of likely N-dealkylation sites (tertiary alicyclic amines) is 1. The zero-order chi connectivity index (χ0) is 15.6. The quantitative estimate of drug-likeness (QED) is 0.888. The summed E-state index contributed by atoms with van der Waals surface area (Å²) in [5.41, 5.74) is 2.42. The lowest BCUT2D eigenvalue weighted by Gasteiger charge is -2.25. The third-order valence-electron chi connectivity index (χ3n) is 4.73. The van der Waals surface area contributed by atoms with Crippen molar-refractivity contribution >= 4 is 22.8 Å². The Hall–Kier alpha value is -2.04. The maximum Gasteiger partial charge on any atom is 0.321 e. The second-order valence-corrected chi connectivity index (χ2v) is 6.69. The molecule has 1 N–H and O–H groups in total. The van der Waals surface area contributed by atoms with Gasteiger partial charge >= 0.3 is 6.03 Å². The SMILES string of the molecule is O=C(Nc1ccc2oc(C3CC3)nc2c1)N1CCCCCCC1. The first-order chi connectivity index (χ1) is 11.3. The van der Waals surface area contributed by atoms with Crippen LogP contribution in [0.2, 0.25) is 0 Å². The molecule has 0 radical (unpaired) electrons. The average molecular weight is 313 g/mol. The van der Waals surface area contributed by atoms with Crippen molar-refractivity contribution in [1.29, 1.82) is 0 Å². The van der Waals surface area contributed by atoms with Crippen LogP contribution in [0.15, 0.2) is 22.6 Å². The van der Waals surface area contributed by atoms with E-state index < -0.39 is 0 Å². The van der Waals surface area contributed by atoms with Gasteiger partial charge in [0.25, 0.3) is 0 Å². The number of anilines is 1. The summed E-state index contributed by atoms with van der Waals surface area (Å²) in [7, 11) is 0. The van der Waals surface area contributed by atoms with Crippen molar-refractivity contribution < 1.29 is 9.21 Å². The van der Waals surface area contributed by atoms with Crippen LogP contribution in [0.4, 0.5) is 10.5 Å². The number of nitrogens with one attached hydrogen (secondary N) is 1. The summed E-state index contributed by atoms with van der Waals surface area (Å²) in [5.74, 6) is 1.34. The normalized spacial score (nSPS) is 19.4. The number of carbonyl (C=O) groups is 1. The highest BCUT2D eigenvalue weighted by molar-refractivity contribution is 5.91. The molecule has 23 heavy (non-hydrogen) atoms. The van der Waals surface area contributed by atoms with E-state index in [-0.39, 0.29) is 6.03 Å². The van der Waals surface area contributed by atoms with Crippen LogP contribution in [-0.4, -0.2) is 29.0 Å². The van der Waals surface area contributed by atoms with Crippen LogP contribution >= 0.6 is 0 Å². The average Bonchev–Trinajstić information content (AvgIpc) is 3.26. The molecule has 1 aromatic carbocycles. The van der Waals surface area contributed by atoms with E-state index in [0.717, 1.165) is 48.6 Å². The number of urea groups is 1. The summed E-state index contributed by atoms with van der Waals surface area (Å²) < 4.78 is 5.76. The first kappa shape index (κ1) is 14.5. The molecule has 5 nitrogen and oxygen atoms in total. The number of carbonyl (C=O) groups excluding carboxylic acids is 1. The monoisotopic (exact) mass is 313 g/mol. The fourth-order valence-corrected chi connectivity index (χ4v) is 3.18. The molecule has 4 rings (SSSR count). The van der Waals surface area contributed by atoms with Gasteiger partial charge in [0.2, 0.25) is 0 Å². The molecule has 2 aliphatic rings. The standard InChI is InChI=1S/C18H23N3O2/c22-18(21-10-4-2-1-3-5-11-21)19-14-8-9-16-15(12-14)20-17(23-16)13-6-7-13/h8-9,12-13H,1-7,10-11H2,(H,19,22). The van der Waals surface area contributed by atoms with Crippen molar-refractivity contribution in [3.05, 3.63) is 24.1 Å². The largest absolute Gasteiger partial charge is 0.440 e. The summed E-state index contributed by atoms with van der Waals surface area (Å²) in [4.78, 5) is 18.9. The Labute approximate surface area is 136 Å². The predicted molar refractivity (Wildman–Crippen MR) is 89.7 cm³/mol. The summed E-state index contributed by atoms with van der Waals surface area (Å²) in [6, 6.07) is 5.70. The van der Waals surface area contributed by atoms with Gasteiger partial charge in [-0.25, -0.2) is 9.78 Å². The zero-order valence-corrected chi connectivity index (χ0v) is 13.4. The van der Waals surface area contributed by atoms with Crippen LogP contribution in [0.5, 0.6) is 0 Å². The van der Waals surface area contributed by atoms with E-state index >= 15 is 0 Å². The Morgan fingerprint density at radius 3 is 2.61 bits per heavy atom. The fraction of sp³-hybridized carbons (Fsp3) is 0.556.